The number of carbonyl (C=O) groups excluding carboxylic acids is 1. The Morgan fingerprint density at radius 3 is 2.76 bits per heavy atom. The van der Waals surface area contributed by atoms with E-state index in [2.05, 4.69) is 21.9 Å². The second-order valence-electron chi connectivity index (χ2n) is 7.09. The van der Waals surface area contributed by atoms with E-state index in [0.29, 0.717) is 5.91 Å². The van der Waals surface area contributed by atoms with Crippen molar-refractivity contribution in [2.75, 3.05) is 39.4 Å². The maximum Gasteiger partial charge on any atom is 0.225 e. The summed E-state index contributed by atoms with van der Waals surface area (Å²) in [5, 5.41) is 1.16. The van der Waals surface area contributed by atoms with Gasteiger partial charge >= 0.3 is 0 Å². The van der Waals surface area contributed by atoms with Crippen molar-refractivity contribution in [3.8, 4) is 0 Å². The Morgan fingerprint density at radius 2 is 1.92 bits per heavy atom. The predicted octanol–water partition coefficient (Wildman–Crippen LogP) is 2.89. The lowest BCUT2D eigenvalue weighted by molar-refractivity contribution is -0.138. The Morgan fingerprint density at radius 1 is 1.08 bits per heavy atom. The standard InChI is InChI=1S/C20H26N2O3/c23-20(16-6-12-24-13-7-16)22-9-3-8-21(10-11-22)15-18-14-17-4-1-2-5-19(17)25-18/h1-2,4-5,14,16H,3,6-13,15H2. The molecule has 2 fully saturated rings. The molecule has 1 aromatic carbocycles. The summed E-state index contributed by atoms with van der Waals surface area (Å²) in [5.74, 6) is 1.50. The van der Waals surface area contributed by atoms with Gasteiger partial charge in [0.15, 0.2) is 0 Å². The second kappa shape index (κ2) is 7.58. The molecule has 4 rings (SSSR count). The molecule has 3 heterocycles. The fourth-order valence-corrected chi connectivity index (χ4v) is 3.89. The van der Waals surface area contributed by atoms with Gasteiger partial charge in [-0.1, -0.05) is 18.2 Å². The molecule has 1 aromatic heterocycles. The van der Waals surface area contributed by atoms with E-state index in [1.807, 2.05) is 18.2 Å². The molecule has 0 aliphatic carbocycles. The highest BCUT2D eigenvalue weighted by Gasteiger charge is 2.27. The average molecular weight is 342 g/mol. The zero-order chi connectivity index (χ0) is 17.1. The van der Waals surface area contributed by atoms with Crippen LogP contribution >= 0.6 is 0 Å². The highest BCUT2D eigenvalue weighted by molar-refractivity contribution is 5.79. The Bertz CT molecular complexity index is 688. The molecule has 0 radical (unpaired) electrons. The SMILES string of the molecule is O=C(C1CCOCC1)N1CCCN(Cc2cc3ccccc3o2)CC1. The van der Waals surface area contributed by atoms with Crippen molar-refractivity contribution in [3.05, 3.63) is 36.1 Å². The quantitative estimate of drug-likeness (QED) is 0.860. The van der Waals surface area contributed by atoms with Crippen LogP contribution in [-0.2, 0) is 16.1 Å². The van der Waals surface area contributed by atoms with E-state index in [0.717, 1.165) is 81.9 Å². The van der Waals surface area contributed by atoms with Gasteiger partial charge in [0.2, 0.25) is 5.91 Å². The maximum absolute atomic E-state index is 12.7. The van der Waals surface area contributed by atoms with Crippen LogP contribution in [0.5, 0.6) is 0 Å². The van der Waals surface area contributed by atoms with Gasteiger partial charge in [-0.25, -0.2) is 0 Å². The molecule has 0 N–H and O–H groups in total. The first-order valence-electron chi connectivity index (χ1n) is 9.36. The molecular formula is C20H26N2O3. The van der Waals surface area contributed by atoms with Crippen LogP contribution in [0.4, 0.5) is 0 Å². The minimum absolute atomic E-state index is 0.163. The summed E-state index contributed by atoms with van der Waals surface area (Å²) in [6, 6.07) is 10.3. The van der Waals surface area contributed by atoms with Gasteiger partial charge in [-0.2, -0.15) is 0 Å². The number of nitrogens with zero attached hydrogens (tertiary/aromatic N) is 2. The van der Waals surface area contributed by atoms with E-state index >= 15 is 0 Å². The molecule has 0 unspecified atom stereocenters. The summed E-state index contributed by atoms with van der Waals surface area (Å²) < 4.78 is 11.3. The number of fused-ring (bicyclic) bond motifs is 1. The summed E-state index contributed by atoms with van der Waals surface area (Å²) in [7, 11) is 0. The van der Waals surface area contributed by atoms with Crippen molar-refractivity contribution >= 4 is 16.9 Å². The number of para-hydroxylation sites is 1. The number of hydrogen-bond donors (Lipinski definition) is 0. The van der Waals surface area contributed by atoms with E-state index in [4.69, 9.17) is 9.15 Å². The highest BCUT2D eigenvalue weighted by Crippen LogP contribution is 2.22. The zero-order valence-corrected chi connectivity index (χ0v) is 14.7. The van der Waals surface area contributed by atoms with Crippen LogP contribution in [-0.4, -0.2) is 55.1 Å². The van der Waals surface area contributed by atoms with Gasteiger partial charge < -0.3 is 14.1 Å². The second-order valence-corrected chi connectivity index (χ2v) is 7.09. The molecule has 5 heteroatoms. The number of carbonyl (C=O) groups is 1. The smallest absolute Gasteiger partial charge is 0.225 e. The van der Waals surface area contributed by atoms with Gasteiger partial charge in [-0.05, 0) is 31.4 Å². The molecule has 2 aliphatic heterocycles. The molecule has 0 atom stereocenters. The first-order valence-corrected chi connectivity index (χ1v) is 9.36. The monoisotopic (exact) mass is 342 g/mol. The molecule has 25 heavy (non-hydrogen) atoms. The average Bonchev–Trinajstić information content (AvgIpc) is 2.92. The minimum atomic E-state index is 0.163. The molecular weight excluding hydrogens is 316 g/mol. The normalized spacial score (nSPS) is 20.7. The van der Waals surface area contributed by atoms with Crippen molar-refractivity contribution in [2.45, 2.75) is 25.8 Å². The minimum Gasteiger partial charge on any atom is -0.460 e. The largest absolute Gasteiger partial charge is 0.460 e. The van der Waals surface area contributed by atoms with E-state index in [-0.39, 0.29) is 5.92 Å². The fraction of sp³-hybridized carbons (Fsp3) is 0.550. The van der Waals surface area contributed by atoms with Crippen molar-refractivity contribution in [1.29, 1.82) is 0 Å². The number of rotatable bonds is 3. The van der Waals surface area contributed by atoms with Crippen LogP contribution in [0.1, 0.15) is 25.0 Å². The number of benzene rings is 1. The van der Waals surface area contributed by atoms with E-state index < -0.39 is 0 Å². The first-order chi connectivity index (χ1) is 12.3. The van der Waals surface area contributed by atoms with Gasteiger partial charge in [-0.15, -0.1) is 0 Å². The van der Waals surface area contributed by atoms with Gasteiger partial charge in [0.1, 0.15) is 11.3 Å². The molecule has 5 nitrogen and oxygen atoms in total. The van der Waals surface area contributed by atoms with Crippen molar-refractivity contribution in [3.63, 3.8) is 0 Å². The van der Waals surface area contributed by atoms with Crippen molar-refractivity contribution in [1.82, 2.24) is 9.80 Å². The van der Waals surface area contributed by atoms with Gasteiger partial charge in [0.25, 0.3) is 0 Å². The molecule has 2 saturated heterocycles. The molecule has 0 saturated carbocycles. The third kappa shape index (κ3) is 3.88. The van der Waals surface area contributed by atoms with Crippen molar-refractivity contribution in [2.24, 2.45) is 5.92 Å². The zero-order valence-electron chi connectivity index (χ0n) is 14.7. The lowest BCUT2D eigenvalue weighted by atomic mass is 9.98. The molecule has 134 valence electrons. The Balaban J connectivity index is 1.35. The third-order valence-electron chi connectivity index (χ3n) is 5.33. The third-order valence-corrected chi connectivity index (χ3v) is 5.33. The number of hydrogen-bond acceptors (Lipinski definition) is 4. The van der Waals surface area contributed by atoms with Crippen LogP contribution in [0.3, 0.4) is 0 Å². The number of ether oxygens (including phenoxy) is 1. The van der Waals surface area contributed by atoms with E-state index in [1.54, 1.807) is 0 Å². The van der Waals surface area contributed by atoms with Crippen LogP contribution < -0.4 is 0 Å². The van der Waals surface area contributed by atoms with Crippen LogP contribution in [0.25, 0.3) is 11.0 Å². The molecule has 0 spiro atoms. The number of furan rings is 1. The van der Waals surface area contributed by atoms with Crippen LogP contribution in [0.15, 0.2) is 34.7 Å². The van der Waals surface area contributed by atoms with Gasteiger partial charge in [-0.3, -0.25) is 9.69 Å². The Hall–Kier alpha value is -1.85. The highest BCUT2D eigenvalue weighted by atomic mass is 16.5. The number of amides is 1. The van der Waals surface area contributed by atoms with Gasteiger partial charge in [0.05, 0.1) is 6.54 Å². The molecule has 2 aromatic rings. The summed E-state index contributed by atoms with van der Waals surface area (Å²) in [4.78, 5) is 17.2. The van der Waals surface area contributed by atoms with Gasteiger partial charge in [0, 0.05) is 50.7 Å². The Labute approximate surface area is 148 Å². The predicted molar refractivity (Wildman–Crippen MR) is 96.2 cm³/mol. The Kier molecular flexibility index (Phi) is 5.04. The lowest BCUT2D eigenvalue weighted by Gasteiger charge is -2.28. The summed E-state index contributed by atoms with van der Waals surface area (Å²) in [5.41, 5.74) is 0.948. The lowest BCUT2D eigenvalue weighted by Crippen LogP contribution is -2.40. The molecule has 2 aliphatic rings. The molecule has 1 amide bonds. The maximum atomic E-state index is 12.7. The summed E-state index contributed by atoms with van der Waals surface area (Å²) >= 11 is 0. The van der Waals surface area contributed by atoms with Crippen LogP contribution in [0, 0.1) is 5.92 Å². The topological polar surface area (TPSA) is 45.9 Å². The first kappa shape index (κ1) is 16.6. The van der Waals surface area contributed by atoms with E-state index in [1.165, 1.54) is 0 Å². The van der Waals surface area contributed by atoms with Crippen molar-refractivity contribution < 1.29 is 13.9 Å². The summed E-state index contributed by atoms with van der Waals surface area (Å²) in [6.45, 7) is 5.86. The fourth-order valence-electron chi connectivity index (χ4n) is 3.89. The molecule has 0 bridgehead atoms. The summed E-state index contributed by atoms with van der Waals surface area (Å²) in [6.07, 6.45) is 2.77. The van der Waals surface area contributed by atoms with Crippen LogP contribution in [0.2, 0.25) is 0 Å². The van der Waals surface area contributed by atoms with E-state index in [9.17, 15) is 4.79 Å².